The molecule has 0 N–H and O–H groups in total. The standard InChI is InChI=1S/2C16H30.2C15H28.2C14H26.4CH4/c1-4-9-14-12(2)15-10-7-5-6-8-11-16(15)13(14)3;1-4-9-14-12(2)13(3)15-10-7-5-6-8-11-16(14)15;1-4-8-13-11(2)14-9-6-5-7-10-15(14)12(13)3;1-4-8-13-11(2)12(3)14-9-6-5-7-10-15(13)14;1-4-7-12-10(2)13-8-5-6-9-14(13)11(12)3;1-4-7-12-10(2)11(3)13-8-5-6-9-14(12)13;;;;/h2*12-16H,4-11H2,1-3H3;2*11-15H,4-10H2,1-3H3;2*10-14H,4-9H2,1-3H3;4*1H4. The molecule has 0 saturated heterocycles. The molecule has 0 heteroatoms. The van der Waals surface area contributed by atoms with Crippen LogP contribution in [0.5, 0.6) is 0 Å². The molecule has 12 aliphatic carbocycles. The molecule has 0 nitrogen and oxygen atoms in total. The Morgan fingerprint density at radius 1 is 0.149 bits per heavy atom. The van der Waals surface area contributed by atoms with Gasteiger partial charge in [0.05, 0.1) is 0 Å². The van der Waals surface area contributed by atoms with Gasteiger partial charge in [-0.25, -0.2) is 0 Å². The van der Waals surface area contributed by atoms with E-state index in [0.717, 1.165) is 178 Å². The van der Waals surface area contributed by atoms with E-state index in [1.54, 1.807) is 19.3 Å². The Morgan fingerprint density at radius 2 is 0.277 bits per heavy atom. The van der Waals surface area contributed by atoms with Crippen LogP contribution in [-0.2, 0) is 0 Å². The highest BCUT2D eigenvalue weighted by Gasteiger charge is 2.50. The summed E-state index contributed by atoms with van der Waals surface area (Å²) in [6.45, 7) is 44.6. The third kappa shape index (κ3) is 22.0. The normalized spacial score (nSPS) is 44.2. The summed E-state index contributed by atoms with van der Waals surface area (Å²) in [6, 6.07) is 0. The van der Waals surface area contributed by atoms with E-state index in [2.05, 4.69) is 125 Å². The molecule has 0 amide bonds. The minimum Gasteiger partial charge on any atom is -0.0776 e. The van der Waals surface area contributed by atoms with Crippen LogP contribution in [0.1, 0.15) is 424 Å². The maximum atomic E-state index is 2.56. The van der Waals surface area contributed by atoms with Crippen molar-refractivity contribution in [1.29, 1.82) is 0 Å². The Labute approximate surface area is 598 Å². The van der Waals surface area contributed by atoms with Gasteiger partial charge in [0.1, 0.15) is 0 Å². The van der Waals surface area contributed by atoms with Crippen molar-refractivity contribution in [3.8, 4) is 0 Å². The lowest BCUT2D eigenvalue weighted by Gasteiger charge is -2.30. The van der Waals surface area contributed by atoms with Gasteiger partial charge in [0.25, 0.3) is 0 Å². The summed E-state index contributed by atoms with van der Waals surface area (Å²) in [5.74, 6) is 31.5. The van der Waals surface area contributed by atoms with Gasteiger partial charge in [0, 0.05) is 0 Å². The summed E-state index contributed by atoms with van der Waals surface area (Å²) in [7, 11) is 0. The number of hydrogen-bond acceptors (Lipinski definition) is 0. The summed E-state index contributed by atoms with van der Waals surface area (Å²) >= 11 is 0. The molecule has 0 aliphatic heterocycles. The average molecular weight is 1310 g/mol. The maximum absolute atomic E-state index is 2.56. The SMILES string of the molecule is C.C.C.C.CCCC1C(C)C(C)C2CCCCC12.CCCC1C(C)C(C)C2CCCCCC12.CCCC1C(C)C(C)C2CCCCCCC12.CCCC1C(C)C2CCCCC2C1C.CCCC1C(C)C2CCCCCC2C1C.CCCC1C(C)C2CCCCCCC2C1C. The zero-order valence-corrected chi connectivity index (χ0v) is 65.0. The Balaban J connectivity index is 0.000000292. The summed E-state index contributed by atoms with van der Waals surface area (Å²) in [6.07, 6.45) is 62.9. The molecule has 0 radical (unpaired) electrons. The molecule has 0 aromatic heterocycles. The van der Waals surface area contributed by atoms with E-state index in [0.29, 0.717) is 0 Å². The number of rotatable bonds is 12. The van der Waals surface area contributed by atoms with Crippen molar-refractivity contribution in [2.75, 3.05) is 0 Å². The number of fused-ring (bicyclic) bond motifs is 6. The molecule has 12 saturated carbocycles. The van der Waals surface area contributed by atoms with Crippen molar-refractivity contribution in [2.24, 2.45) is 178 Å². The molecule has 0 aromatic carbocycles. The topological polar surface area (TPSA) is 0 Å². The highest BCUT2D eigenvalue weighted by molar-refractivity contribution is 5.00. The van der Waals surface area contributed by atoms with Crippen LogP contribution >= 0.6 is 0 Å². The van der Waals surface area contributed by atoms with Gasteiger partial charge in [-0.1, -0.05) is 347 Å². The second-order valence-electron chi connectivity index (χ2n) is 36.8. The highest BCUT2D eigenvalue weighted by Crippen LogP contribution is 2.58. The first-order chi connectivity index (χ1) is 43.5. The zero-order valence-electron chi connectivity index (χ0n) is 65.0. The van der Waals surface area contributed by atoms with Crippen LogP contribution in [0.15, 0.2) is 0 Å². The predicted molar refractivity (Wildman–Crippen MR) is 428 cm³/mol. The fraction of sp³-hybridized carbons (Fsp3) is 1.00. The molecule has 12 rings (SSSR count). The van der Waals surface area contributed by atoms with Gasteiger partial charge in [0.2, 0.25) is 0 Å². The molecule has 0 spiro atoms. The third-order valence-corrected chi connectivity index (χ3v) is 32.8. The first kappa shape index (κ1) is 88.2. The predicted octanol–water partition coefficient (Wildman–Crippen LogP) is 31.9. The van der Waals surface area contributed by atoms with Crippen LogP contribution in [0.3, 0.4) is 0 Å². The van der Waals surface area contributed by atoms with E-state index in [-0.39, 0.29) is 29.7 Å². The molecule has 27 unspecified atom stereocenters. The maximum Gasteiger partial charge on any atom is -0.0352 e. The van der Waals surface area contributed by atoms with Gasteiger partial charge in [-0.2, -0.15) is 0 Å². The third-order valence-electron chi connectivity index (χ3n) is 32.8. The summed E-state index contributed by atoms with van der Waals surface area (Å²) < 4.78 is 0. The van der Waals surface area contributed by atoms with Crippen LogP contribution in [-0.4, -0.2) is 0 Å². The van der Waals surface area contributed by atoms with Gasteiger partial charge < -0.3 is 0 Å². The van der Waals surface area contributed by atoms with Crippen molar-refractivity contribution in [3.63, 3.8) is 0 Å². The molecular weight excluding hydrogens is 1130 g/mol. The monoisotopic (exact) mass is 1310 g/mol. The molecule has 94 heavy (non-hydrogen) atoms. The van der Waals surface area contributed by atoms with E-state index in [1.807, 2.05) is 0 Å². The molecule has 27 atom stereocenters. The zero-order chi connectivity index (χ0) is 65.0. The van der Waals surface area contributed by atoms with Crippen LogP contribution in [0, 0.1) is 178 Å². The lowest BCUT2D eigenvalue weighted by molar-refractivity contribution is 0.201. The van der Waals surface area contributed by atoms with Crippen molar-refractivity contribution in [1.82, 2.24) is 0 Å². The van der Waals surface area contributed by atoms with E-state index in [9.17, 15) is 0 Å². The summed E-state index contributed by atoms with van der Waals surface area (Å²) in [5.41, 5.74) is 0. The number of hydrogen-bond donors (Lipinski definition) is 0. The van der Waals surface area contributed by atoms with Gasteiger partial charge in [-0.05, 0) is 255 Å². The van der Waals surface area contributed by atoms with E-state index in [1.165, 1.54) is 250 Å². The van der Waals surface area contributed by atoms with Gasteiger partial charge in [-0.15, -0.1) is 0 Å². The molecular formula is C94H184. The largest absolute Gasteiger partial charge is 0.0776 e. The van der Waals surface area contributed by atoms with Crippen LogP contribution in [0.25, 0.3) is 0 Å². The second kappa shape index (κ2) is 45.2. The second-order valence-corrected chi connectivity index (χ2v) is 36.8. The summed E-state index contributed by atoms with van der Waals surface area (Å²) in [5, 5.41) is 0. The van der Waals surface area contributed by atoms with E-state index in [4.69, 9.17) is 0 Å². The lowest BCUT2D eigenvalue weighted by Crippen LogP contribution is -2.21. The summed E-state index contributed by atoms with van der Waals surface area (Å²) in [4.78, 5) is 0. The Kier molecular flexibility index (Phi) is 42.4. The average Bonchev–Trinajstić information content (AvgIpc) is 1.72. The van der Waals surface area contributed by atoms with Crippen LogP contribution in [0.2, 0.25) is 0 Å². The van der Waals surface area contributed by atoms with Crippen LogP contribution < -0.4 is 0 Å². The van der Waals surface area contributed by atoms with Crippen LogP contribution in [0.4, 0.5) is 0 Å². The first-order valence-electron chi connectivity index (χ1n) is 43.5. The smallest absolute Gasteiger partial charge is 0.0352 e. The molecule has 0 bridgehead atoms. The minimum absolute atomic E-state index is 0. The van der Waals surface area contributed by atoms with Crippen molar-refractivity contribution in [3.05, 3.63) is 0 Å². The van der Waals surface area contributed by atoms with Crippen molar-refractivity contribution in [2.45, 2.75) is 424 Å². The van der Waals surface area contributed by atoms with Crippen molar-refractivity contribution >= 4 is 0 Å². The fourth-order valence-electron chi connectivity index (χ4n) is 27.5. The Hall–Kier alpha value is 0. The first-order valence-corrected chi connectivity index (χ1v) is 43.5. The molecule has 0 aromatic rings. The van der Waals surface area contributed by atoms with Gasteiger partial charge in [0.15, 0.2) is 0 Å². The van der Waals surface area contributed by atoms with Gasteiger partial charge >= 0.3 is 0 Å². The Morgan fingerprint density at radius 3 is 0.447 bits per heavy atom. The molecule has 12 aliphatic rings. The molecule has 0 heterocycles. The van der Waals surface area contributed by atoms with Crippen molar-refractivity contribution < 1.29 is 0 Å². The molecule has 12 fully saturated rings. The Bertz CT molecular complexity index is 1780. The quantitative estimate of drug-likeness (QED) is 0.183. The van der Waals surface area contributed by atoms with E-state index < -0.39 is 0 Å². The minimum atomic E-state index is 0. The lowest BCUT2D eigenvalue weighted by atomic mass is 9.75. The molecule has 560 valence electrons. The van der Waals surface area contributed by atoms with E-state index >= 15 is 0 Å². The van der Waals surface area contributed by atoms with Gasteiger partial charge in [-0.3, -0.25) is 0 Å². The highest BCUT2D eigenvalue weighted by atomic mass is 14.6. The fourth-order valence-corrected chi connectivity index (χ4v) is 27.5.